The van der Waals surface area contributed by atoms with E-state index in [1.807, 2.05) is 65.6 Å². The average molecular weight is 548 g/mol. The highest BCUT2D eigenvalue weighted by molar-refractivity contribution is 5.79. The molecule has 1 amide bonds. The van der Waals surface area contributed by atoms with Crippen LogP contribution in [0.25, 0.3) is 0 Å². The number of fused-ring (bicyclic) bond motifs is 1. The van der Waals surface area contributed by atoms with E-state index in [2.05, 4.69) is 48.5 Å². The Labute approximate surface area is 242 Å². The first-order valence-electron chi connectivity index (χ1n) is 14.4. The van der Waals surface area contributed by atoms with Gasteiger partial charge in [0.2, 0.25) is 5.91 Å². The fraction of sp³-hybridized carbons (Fsp3) is 0.306. The fourth-order valence-corrected chi connectivity index (χ4v) is 7.51. The molecule has 4 aromatic carbocycles. The van der Waals surface area contributed by atoms with Crippen LogP contribution in [0.1, 0.15) is 35.1 Å². The Morgan fingerprint density at radius 1 is 0.780 bits per heavy atom. The van der Waals surface area contributed by atoms with E-state index in [-0.39, 0.29) is 29.6 Å². The van der Waals surface area contributed by atoms with Crippen LogP contribution in [0.2, 0.25) is 0 Å². The minimum Gasteiger partial charge on any atom is -0.497 e. The van der Waals surface area contributed by atoms with Crippen molar-refractivity contribution in [3.05, 3.63) is 131 Å². The zero-order valence-electron chi connectivity index (χ0n) is 23.7. The van der Waals surface area contributed by atoms with Crippen molar-refractivity contribution in [2.75, 3.05) is 27.3 Å². The highest BCUT2D eigenvalue weighted by Crippen LogP contribution is 2.60. The minimum atomic E-state index is -1.14. The lowest BCUT2D eigenvalue weighted by molar-refractivity contribution is -0.130. The second-order valence-corrected chi connectivity index (χ2v) is 11.4. The van der Waals surface area contributed by atoms with Gasteiger partial charge in [0.15, 0.2) is 0 Å². The number of carbonyl (C=O) groups excluding carboxylic acids is 1. The van der Waals surface area contributed by atoms with Crippen molar-refractivity contribution in [2.24, 2.45) is 11.8 Å². The van der Waals surface area contributed by atoms with E-state index in [9.17, 15) is 9.90 Å². The number of para-hydroxylation sites is 1. The zero-order chi connectivity index (χ0) is 28.5. The highest BCUT2D eigenvalue weighted by Gasteiger charge is 2.61. The summed E-state index contributed by atoms with van der Waals surface area (Å²) < 4.78 is 11.1. The Balaban J connectivity index is 1.46. The maximum atomic E-state index is 13.9. The molecule has 0 aromatic heterocycles. The molecular formula is C36H37NO4. The van der Waals surface area contributed by atoms with Gasteiger partial charge in [0.05, 0.1) is 26.2 Å². The molecule has 1 aliphatic carbocycles. The summed E-state index contributed by atoms with van der Waals surface area (Å²) in [5, 5.41) is 12.7. The molecule has 1 N–H and O–H groups in total. The zero-order valence-corrected chi connectivity index (χ0v) is 23.7. The van der Waals surface area contributed by atoms with Crippen LogP contribution < -0.4 is 9.47 Å². The number of hydrogen-bond donors (Lipinski definition) is 1. The molecule has 4 aromatic rings. The summed E-state index contributed by atoms with van der Waals surface area (Å²) in [6, 6.07) is 36.8. The summed E-state index contributed by atoms with van der Waals surface area (Å²) in [5.74, 6) is 1.28. The van der Waals surface area contributed by atoms with Crippen molar-refractivity contribution in [3.63, 3.8) is 0 Å². The lowest BCUT2D eigenvalue weighted by Gasteiger charge is -2.53. The monoisotopic (exact) mass is 547 g/mol. The number of rotatable bonds is 7. The van der Waals surface area contributed by atoms with E-state index >= 15 is 0 Å². The second kappa shape index (κ2) is 11.1. The highest BCUT2D eigenvalue weighted by atomic mass is 16.5. The number of amides is 1. The summed E-state index contributed by atoms with van der Waals surface area (Å²) >= 11 is 0. The molecule has 5 nitrogen and oxygen atoms in total. The summed E-state index contributed by atoms with van der Waals surface area (Å²) in [6.45, 7) is 1.04. The van der Waals surface area contributed by atoms with Gasteiger partial charge in [-0.2, -0.15) is 0 Å². The Kier molecular flexibility index (Phi) is 7.31. The normalized spacial score (nSPS) is 23.0. The van der Waals surface area contributed by atoms with Gasteiger partial charge < -0.3 is 19.5 Å². The van der Waals surface area contributed by atoms with Crippen molar-refractivity contribution in [1.82, 2.24) is 4.90 Å². The maximum Gasteiger partial charge on any atom is 0.227 e. The number of benzene rings is 4. The molecule has 210 valence electrons. The van der Waals surface area contributed by atoms with Crippen molar-refractivity contribution in [1.29, 1.82) is 0 Å². The van der Waals surface area contributed by atoms with E-state index in [1.54, 1.807) is 14.2 Å². The third-order valence-corrected chi connectivity index (χ3v) is 9.46. The first-order chi connectivity index (χ1) is 20.0. The molecule has 1 saturated heterocycles. The number of likely N-dealkylation sites (tertiary alicyclic amines) is 1. The summed E-state index contributed by atoms with van der Waals surface area (Å²) in [6.07, 6.45) is 1.58. The number of ether oxygens (including phenoxy) is 2. The van der Waals surface area contributed by atoms with Gasteiger partial charge in [0, 0.05) is 30.0 Å². The standard InChI is InChI=1S/C36H37NO4/c1-40-29-17-11-12-26(22-29)23-34(38)37-24-31-32(25-37)36(39,30-18-9-10-19-33(30)41-2)21-20-35(31,27-13-5-3-6-14-27)28-15-7-4-8-16-28/h3-19,22,31-32,39H,20-21,23-25H2,1-2H3/t31-,32?,36?/m0/s1. The van der Waals surface area contributed by atoms with Gasteiger partial charge in [-0.25, -0.2) is 0 Å². The molecule has 5 heteroatoms. The molecule has 2 fully saturated rings. The first-order valence-corrected chi connectivity index (χ1v) is 14.4. The van der Waals surface area contributed by atoms with E-state index < -0.39 is 5.60 Å². The third kappa shape index (κ3) is 4.68. The average Bonchev–Trinajstić information content (AvgIpc) is 3.50. The van der Waals surface area contributed by atoms with Crippen LogP contribution in [-0.4, -0.2) is 43.2 Å². The molecule has 6 rings (SSSR count). The fourth-order valence-electron chi connectivity index (χ4n) is 7.51. The summed E-state index contributed by atoms with van der Waals surface area (Å²) in [5.41, 5.74) is 2.67. The Morgan fingerprint density at radius 3 is 2.07 bits per heavy atom. The number of aliphatic hydroxyl groups is 1. The van der Waals surface area contributed by atoms with Crippen LogP contribution in [-0.2, 0) is 22.2 Å². The van der Waals surface area contributed by atoms with Gasteiger partial charge in [0.25, 0.3) is 0 Å². The molecular weight excluding hydrogens is 510 g/mol. The quantitative estimate of drug-likeness (QED) is 0.309. The summed E-state index contributed by atoms with van der Waals surface area (Å²) in [4.78, 5) is 15.9. The molecule has 41 heavy (non-hydrogen) atoms. The molecule has 0 radical (unpaired) electrons. The molecule has 1 saturated carbocycles. The van der Waals surface area contributed by atoms with Crippen molar-refractivity contribution in [2.45, 2.75) is 30.3 Å². The third-order valence-electron chi connectivity index (χ3n) is 9.46. The molecule has 0 bridgehead atoms. The molecule has 2 unspecified atom stereocenters. The number of nitrogens with zero attached hydrogens (tertiary/aromatic N) is 1. The number of hydrogen-bond acceptors (Lipinski definition) is 4. The van der Waals surface area contributed by atoms with Gasteiger partial charge in [-0.15, -0.1) is 0 Å². The van der Waals surface area contributed by atoms with Crippen LogP contribution in [0.15, 0.2) is 109 Å². The van der Waals surface area contributed by atoms with Crippen molar-refractivity contribution < 1.29 is 19.4 Å². The van der Waals surface area contributed by atoms with Crippen LogP contribution in [0.5, 0.6) is 11.5 Å². The Bertz CT molecular complexity index is 1470. The molecule has 3 atom stereocenters. The Hall–Kier alpha value is -4.09. The van der Waals surface area contributed by atoms with E-state index in [0.29, 0.717) is 25.3 Å². The van der Waals surface area contributed by atoms with Crippen LogP contribution in [0, 0.1) is 11.8 Å². The van der Waals surface area contributed by atoms with Crippen molar-refractivity contribution in [3.8, 4) is 11.5 Å². The second-order valence-electron chi connectivity index (χ2n) is 11.4. The van der Waals surface area contributed by atoms with Crippen LogP contribution >= 0.6 is 0 Å². The summed E-state index contributed by atoms with van der Waals surface area (Å²) in [7, 11) is 3.29. The smallest absolute Gasteiger partial charge is 0.227 e. The van der Waals surface area contributed by atoms with Gasteiger partial charge in [0.1, 0.15) is 11.5 Å². The minimum absolute atomic E-state index is 0.00905. The first kappa shape index (κ1) is 27.1. The predicted octanol–water partition coefficient (Wildman–Crippen LogP) is 5.99. The lowest BCUT2D eigenvalue weighted by atomic mass is 9.52. The van der Waals surface area contributed by atoms with Gasteiger partial charge >= 0.3 is 0 Å². The molecule has 1 heterocycles. The van der Waals surface area contributed by atoms with Crippen LogP contribution in [0.4, 0.5) is 0 Å². The van der Waals surface area contributed by atoms with Crippen LogP contribution in [0.3, 0.4) is 0 Å². The van der Waals surface area contributed by atoms with Gasteiger partial charge in [-0.05, 0) is 53.6 Å². The van der Waals surface area contributed by atoms with Gasteiger partial charge in [-0.3, -0.25) is 4.79 Å². The van der Waals surface area contributed by atoms with E-state index in [4.69, 9.17) is 9.47 Å². The lowest BCUT2D eigenvalue weighted by Crippen LogP contribution is -2.53. The largest absolute Gasteiger partial charge is 0.497 e. The predicted molar refractivity (Wildman–Crippen MR) is 160 cm³/mol. The molecule has 1 aliphatic heterocycles. The molecule has 2 aliphatic rings. The Morgan fingerprint density at radius 2 is 1.41 bits per heavy atom. The van der Waals surface area contributed by atoms with E-state index in [0.717, 1.165) is 23.3 Å². The molecule has 0 spiro atoms. The van der Waals surface area contributed by atoms with E-state index in [1.165, 1.54) is 11.1 Å². The number of carbonyl (C=O) groups is 1. The SMILES string of the molecule is COc1cccc(CC(=O)N2CC3[C@H](C2)C(c2ccccc2)(c2ccccc2)CCC3(O)c2ccccc2OC)c1. The topological polar surface area (TPSA) is 59.0 Å². The van der Waals surface area contributed by atoms with Gasteiger partial charge in [-0.1, -0.05) is 91.0 Å². The van der Waals surface area contributed by atoms with Crippen molar-refractivity contribution >= 4 is 5.91 Å². The maximum absolute atomic E-state index is 13.9. The number of methoxy groups -OCH3 is 2.